The van der Waals surface area contributed by atoms with Crippen LogP contribution in [0.25, 0.3) is 0 Å². The summed E-state index contributed by atoms with van der Waals surface area (Å²) in [7, 11) is 0. The number of unbranched alkanes of at least 4 members (excludes halogenated alkanes) is 56. The van der Waals surface area contributed by atoms with Crippen molar-refractivity contribution < 1.29 is 24.5 Å². The Balaban J connectivity index is 3.37. The predicted octanol–water partition coefficient (Wildman–Crippen LogP) is 24.5. The van der Waals surface area contributed by atoms with Crippen LogP contribution in [0.5, 0.6) is 0 Å². The van der Waals surface area contributed by atoms with Gasteiger partial charge in [-0.15, -0.1) is 0 Å². The predicted molar refractivity (Wildman–Crippen MR) is 361 cm³/mol. The molecule has 3 N–H and O–H groups in total. The molecule has 0 radical (unpaired) electrons. The summed E-state index contributed by atoms with van der Waals surface area (Å²) in [5.74, 6) is -0.0209. The summed E-state index contributed by atoms with van der Waals surface area (Å²) in [6, 6.07) is -0.543. The highest BCUT2D eigenvalue weighted by molar-refractivity contribution is 5.76. The maximum atomic E-state index is 12.6. The Morgan fingerprint density at radius 2 is 0.610 bits per heavy atom. The van der Waals surface area contributed by atoms with Crippen molar-refractivity contribution in [1.29, 1.82) is 0 Å². The minimum absolute atomic E-state index is 0.00832. The Bertz CT molecular complexity index is 1280. The average molecular weight is 1160 g/mol. The molecule has 0 aliphatic rings. The number of esters is 1. The maximum Gasteiger partial charge on any atom is 0.305 e. The van der Waals surface area contributed by atoms with Crippen molar-refractivity contribution >= 4 is 11.9 Å². The lowest BCUT2D eigenvalue weighted by atomic mass is 10.0. The molecule has 0 aromatic carbocycles. The number of aliphatic hydroxyl groups excluding tert-OH is 2. The third kappa shape index (κ3) is 67.5. The second kappa shape index (κ2) is 71.8. The van der Waals surface area contributed by atoms with Crippen molar-refractivity contribution in [3.05, 3.63) is 24.3 Å². The van der Waals surface area contributed by atoms with Gasteiger partial charge in [-0.3, -0.25) is 9.59 Å². The van der Waals surface area contributed by atoms with Crippen LogP contribution in [0.4, 0.5) is 0 Å². The Labute approximate surface area is 513 Å². The molecule has 0 saturated carbocycles. The lowest BCUT2D eigenvalue weighted by Gasteiger charge is -2.22. The molecule has 82 heavy (non-hydrogen) atoms. The molecule has 0 bridgehead atoms. The molecule has 0 heterocycles. The number of aliphatic hydroxyl groups is 2. The van der Waals surface area contributed by atoms with Gasteiger partial charge < -0.3 is 20.3 Å². The van der Waals surface area contributed by atoms with E-state index < -0.39 is 12.1 Å². The summed E-state index contributed by atoms with van der Waals surface area (Å²) in [4.78, 5) is 24.7. The number of ether oxygens (including phenoxy) is 1. The van der Waals surface area contributed by atoms with E-state index in [-0.39, 0.29) is 18.5 Å². The van der Waals surface area contributed by atoms with E-state index in [1.54, 1.807) is 0 Å². The first-order chi connectivity index (χ1) is 40.5. The van der Waals surface area contributed by atoms with Crippen molar-refractivity contribution in [1.82, 2.24) is 5.32 Å². The Hall–Kier alpha value is -1.66. The van der Waals surface area contributed by atoms with Crippen LogP contribution < -0.4 is 5.32 Å². The lowest BCUT2D eigenvalue weighted by Crippen LogP contribution is -2.45. The number of rotatable bonds is 71. The van der Waals surface area contributed by atoms with E-state index in [1.165, 1.54) is 340 Å². The van der Waals surface area contributed by atoms with Crippen LogP contribution in [-0.2, 0) is 14.3 Å². The summed E-state index contributed by atoms with van der Waals surface area (Å²) in [5, 5.41) is 23.5. The first kappa shape index (κ1) is 80.3. The van der Waals surface area contributed by atoms with Crippen LogP contribution in [0.3, 0.4) is 0 Å². The number of nitrogens with one attached hydrogen (secondary N) is 1. The minimum atomic E-state index is -0.666. The van der Waals surface area contributed by atoms with Gasteiger partial charge in [0, 0.05) is 12.8 Å². The normalized spacial score (nSPS) is 12.6. The molecule has 0 aromatic rings. The molecule has 1 amide bonds. The average Bonchev–Trinajstić information content (AvgIpc) is 3.48. The zero-order valence-electron chi connectivity index (χ0n) is 55.8. The largest absolute Gasteiger partial charge is 0.466 e. The molecule has 6 heteroatoms. The van der Waals surface area contributed by atoms with Gasteiger partial charge in [0.15, 0.2) is 0 Å². The van der Waals surface area contributed by atoms with Gasteiger partial charge in [0.25, 0.3) is 0 Å². The van der Waals surface area contributed by atoms with E-state index in [0.717, 1.165) is 51.4 Å². The van der Waals surface area contributed by atoms with Crippen molar-refractivity contribution in [2.24, 2.45) is 0 Å². The monoisotopic (exact) mass is 1150 g/mol. The Kier molecular flexibility index (Phi) is 70.4. The summed E-state index contributed by atoms with van der Waals surface area (Å²) in [5.41, 5.74) is 0. The number of allylic oxidation sites excluding steroid dienone is 4. The molecule has 2 atom stereocenters. The van der Waals surface area contributed by atoms with Gasteiger partial charge in [0.2, 0.25) is 5.91 Å². The van der Waals surface area contributed by atoms with Gasteiger partial charge in [-0.05, 0) is 57.8 Å². The van der Waals surface area contributed by atoms with E-state index in [9.17, 15) is 19.8 Å². The summed E-state index contributed by atoms with van der Waals surface area (Å²) < 4.78 is 5.50. The summed E-state index contributed by atoms with van der Waals surface area (Å²) in [6.45, 7) is 4.98. The number of amides is 1. The van der Waals surface area contributed by atoms with Crippen LogP contribution in [0, 0.1) is 0 Å². The lowest BCUT2D eigenvalue weighted by molar-refractivity contribution is -0.143. The van der Waals surface area contributed by atoms with E-state index >= 15 is 0 Å². The van der Waals surface area contributed by atoms with Gasteiger partial charge in [0.1, 0.15) is 0 Å². The highest BCUT2D eigenvalue weighted by Gasteiger charge is 2.20. The molecule has 0 spiro atoms. The van der Waals surface area contributed by atoms with Crippen LogP contribution >= 0.6 is 0 Å². The van der Waals surface area contributed by atoms with Gasteiger partial charge in [-0.2, -0.15) is 0 Å². The molecular formula is C76H147NO5. The number of carbonyl (C=O) groups excluding carboxylic acids is 2. The quantitative estimate of drug-likeness (QED) is 0.0320. The number of hydrogen-bond donors (Lipinski definition) is 3. The van der Waals surface area contributed by atoms with Crippen molar-refractivity contribution in [3.8, 4) is 0 Å². The van der Waals surface area contributed by atoms with Crippen molar-refractivity contribution in [2.45, 2.75) is 437 Å². The van der Waals surface area contributed by atoms with Gasteiger partial charge in [0.05, 0.1) is 25.4 Å². The minimum Gasteiger partial charge on any atom is -0.466 e. The molecule has 2 unspecified atom stereocenters. The Morgan fingerprint density at radius 3 is 0.939 bits per heavy atom. The van der Waals surface area contributed by atoms with E-state index in [0.29, 0.717) is 25.9 Å². The number of hydrogen-bond acceptors (Lipinski definition) is 5. The first-order valence-corrected chi connectivity index (χ1v) is 37.6. The zero-order chi connectivity index (χ0) is 59.2. The number of carbonyl (C=O) groups is 2. The van der Waals surface area contributed by atoms with Crippen LogP contribution in [0.2, 0.25) is 0 Å². The summed E-state index contributed by atoms with van der Waals surface area (Å²) in [6.07, 6.45) is 90.9. The maximum absolute atomic E-state index is 12.6. The second-order valence-corrected chi connectivity index (χ2v) is 26.0. The first-order valence-electron chi connectivity index (χ1n) is 37.6. The van der Waals surface area contributed by atoms with Crippen LogP contribution in [0.1, 0.15) is 425 Å². The van der Waals surface area contributed by atoms with Crippen LogP contribution in [0.15, 0.2) is 24.3 Å². The Morgan fingerprint density at radius 1 is 0.341 bits per heavy atom. The highest BCUT2D eigenvalue weighted by Crippen LogP contribution is 2.20. The fourth-order valence-corrected chi connectivity index (χ4v) is 12.0. The van der Waals surface area contributed by atoms with Gasteiger partial charge in [-0.1, -0.05) is 378 Å². The fourth-order valence-electron chi connectivity index (χ4n) is 12.0. The van der Waals surface area contributed by atoms with Crippen molar-refractivity contribution in [3.63, 3.8) is 0 Å². The van der Waals surface area contributed by atoms with Crippen molar-refractivity contribution in [2.75, 3.05) is 13.2 Å². The fraction of sp³-hybridized carbons (Fsp3) is 0.921. The SMILES string of the molecule is CCCCCC/C=C\C/C=C\CCCCCCCCCC(=O)OCCCCCCCCCCCCCCCCCCCCCCCCCC(=O)NC(CO)C(O)CCCCCCCCCCCCCCCCCCCCCCCCCC. The van der Waals surface area contributed by atoms with Gasteiger partial charge in [-0.25, -0.2) is 0 Å². The standard InChI is InChI=1S/C76H147NO5/c1-3-5-7-9-11-13-15-17-19-21-23-24-25-27-30-33-36-40-44-48-52-56-60-64-68-74(79)73(72-78)77-75(80)69-65-61-57-53-49-45-41-37-34-31-28-26-29-32-35-39-43-47-51-55-59-63-67-71-82-76(81)70-66-62-58-54-50-46-42-38-22-20-18-16-14-12-10-8-6-4-2/h14,16,20,22,73-74,78-79H,3-13,15,17-19,21,23-72H2,1-2H3,(H,77,80)/b16-14-,22-20-. The van der Waals surface area contributed by atoms with E-state index in [4.69, 9.17) is 4.74 Å². The smallest absolute Gasteiger partial charge is 0.305 e. The molecule has 6 nitrogen and oxygen atoms in total. The third-order valence-electron chi connectivity index (χ3n) is 17.8. The molecule has 0 fully saturated rings. The molecule has 0 aromatic heterocycles. The molecule has 0 saturated heterocycles. The van der Waals surface area contributed by atoms with E-state index in [2.05, 4.69) is 43.5 Å². The second-order valence-electron chi connectivity index (χ2n) is 26.0. The molecule has 0 aliphatic heterocycles. The van der Waals surface area contributed by atoms with E-state index in [1.807, 2.05) is 0 Å². The van der Waals surface area contributed by atoms with Crippen LogP contribution in [-0.4, -0.2) is 47.4 Å². The molecular weight excluding hydrogens is 1010 g/mol. The highest BCUT2D eigenvalue weighted by atomic mass is 16.5. The molecule has 486 valence electrons. The third-order valence-corrected chi connectivity index (χ3v) is 17.8. The van der Waals surface area contributed by atoms with Gasteiger partial charge >= 0.3 is 5.97 Å². The zero-order valence-corrected chi connectivity index (χ0v) is 55.8. The summed E-state index contributed by atoms with van der Waals surface area (Å²) >= 11 is 0. The molecule has 0 rings (SSSR count). The molecule has 0 aliphatic carbocycles. The topological polar surface area (TPSA) is 95.9 Å².